The molecular weight excluding hydrogens is 222 g/mol. The van der Waals surface area contributed by atoms with Gasteiger partial charge in [-0.05, 0) is 32.4 Å². The van der Waals surface area contributed by atoms with E-state index in [-0.39, 0.29) is 6.04 Å². The van der Waals surface area contributed by atoms with Crippen LogP contribution in [0.2, 0.25) is 0 Å². The van der Waals surface area contributed by atoms with Gasteiger partial charge in [-0.2, -0.15) is 0 Å². The summed E-state index contributed by atoms with van der Waals surface area (Å²) in [6.07, 6.45) is 2.56. The number of nitrogens with two attached hydrogens (primary N) is 1. The first-order valence-electron chi connectivity index (χ1n) is 5.28. The van der Waals surface area contributed by atoms with Gasteiger partial charge in [-0.1, -0.05) is 0 Å². The molecule has 0 spiro atoms. The second kappa shape index (κ2) is 5.84. The number of hydrogen-bond acceptors (Lipinski definition) is 4. The molecule has 2 atom stereocenters. The molecule has 0 aromatic carbocycles. The lowest BCUT2D eigenvalue weighted by Gasteiger charge is -2.15. The van der Waals surface area contributed by atoms with Crippen LogP contribution >= 0.6 is 0 Å². The third-order valence-electron chi connectivity index (χ3n) is 2.29. The average Bonchev–Trinajstić information content (AvgIpc) is 2.20. The van der Waals surface area contributed by atoms with Crippen LogP contribution in [0.15, 0.2) is 12.1 Å². The first-order chi connectivity index (χ1) is 7.49. The van der Waals surface area contributed by atoms with E-state index in [1.165, 1.54) is 0 Å². The molecule has 90 valence electrons. The lowest BCUT2D eigenvalue weighted by molar-refractivity contribution is 0.678. The zero-order valence-electron chi connectivity index (χ0n) is 9.99. The van der Waals surface area contributed by atoms with Crippen molar-refractivity contribution in [2.45, 2.75) is 26.3 Å². The summed E-state index contributed by atoms with van der Waals surface area (Å²) in [7, 11) is -0.746. The van der Waals surface area contributed by atoms with Crippen molar-refractivity contribution in [1.29, 1.82) is 0 Å². The van der Waals surface area contributed by atoms with Crippen LogP contribution in [0.25, 0.3) is 0 Å². The van der Waals surface area contributed by atoms with Crippen LogP contribution in [0.1, 0.15) is 19.0 Å². The van der Waals surface area contributed by atoms with Gasteiger partial charge in [0.25, 0.3) is 0 Å². The van der Waals surface area contributed by atoms with E-state index in [9.17, 15) is 4.21 Å². The maximum Gasteiger partial charge on any atom is 0.149 e. The summed E-state index contributed by atoms with van der Waals surface area (Å²) in [6, 6.07) is 3.95. The smallest absolute Gasteiger partial charge is 0.149 e. The van der Waals surface area contributed by atoms with Crippen molar-refractivity contribution in [2.24, 2.45) is 0 Å². The van der Waals surface area contributed by atoms with Crippen LogP contribution in [0.3, 0.4) is 0 Å². The molecule has 0 fully saturated rings. The van der Waals surface area contributed by atoms with Gasteiger partial charge >= 0.3 is 0 Å². The fourth-order valence-corrected chi connectivity index (χ4v) is 2.02. The second-order valence-corrected chi connectivity index (χ2v) is 5.56. The van der Waals surface area contributed by atoms with E-state index in [1.54, 1.807) is 6.26 Å². The summed E-state index contributed by atoms with van der Waals surface area (Å²) in [4.78, 5) is 4.33. The summed E-state index contributed by atoms with van der Waals surface area (Å²) in [6.45, 7) is 3.96. The van der Waals surface area contributed by atoms with Gasteiger partial charge in [0, 0.05) is 34.5 Å². The summed E-state index contributed by atoms with van der Waals surface area (Å²) in [5.74, 6) is 1.41. The molecule has 0 aliphatic carbocycles. The summed E-state index contributed by atoms with van der Waals surface area (Å²) in [5, 5.41) is 3.24. The van der Waals surface area contributed by atoms with Crippen LogP contribution in [0, 0.1) is 6.92 Å². The Morgan fingerprint density at radius 3 is 2.88 bits per heavy atom. The topological polar surface area (TPSA) is 68.0 Å². The third-order valence-corrected chi connectivity index (χ3v) is 3.10. The van der Waals surface area contributed by atoms with Crippen LogP contribution in [-0.2, 0) is 10.8 Å². The molecule has 1 aromatic heterocycles. The van der Waals surface area contributed by atoms with E-state index in [2.05, 4.69) is 10.3 Å². The Kier molecular flexibility index (Phi) is 4.73. The molecule has 3 N–H and O–H groups in total. The minimum absolute atomic E-state index is 0.223. The SMILES string of the molecule is Cc1ccc(N)c(NC(C)CCS(C)=O)n1. The van der Waals surface area contributed by atoms with Gasteiger partial charge < -0.3 is 11.1 Å². The molecule has 1 rings (SSSR count). The molecule has 5 heteroatoms. The summed E-state index contributed by atoms with van der Waals surface area (Å²) >= 11 is 0. The fourth-order valence-electron chi connectivity index (χ4n) is 1.33. The maximum atomic E-state index is 11.0. The highest BCUT2D eigenvalue weighted by atomic mass is 32.2. The largest absolute Gasteiger partial charge is 0.396 e. The predicted molar refractivity (Wildman–Crippen MR) is 70.0 cm³/mol. The van der Waals surface area contributed by atoms with Gasteiger partial charge in [-0.15, -0.1) is 0 Å². The number of hydrogen-bond donors (Lipinski definition) is 2. The van der Waals surface area contributed by atoms with Crippen LogP contribution in [0.5, 0.6) is 0 Å². The fraction of sp³-hybridized carbons (Fsp3) is 0.545. The molecular formula is C11H19N3OS. The Hall–Kier alpha value is -1.10. The number of aryl methyl sites for hydroxylation is 1. The molecule has 0 bridgehead atoms. The van der Waals surface area contributed by atoms with E-state index in [4.69, 9.17) is 5.73 Å². The van der Waals surface area contributed by atoms with Crippen LogP contribution in [-0.4, -0.2) is 27.2 Å². The number of nitrogens with zero attached hydrogens (tertiary/aromatic N) is 1. The monoisotopic (exact) mass is 241 g/mol. The molecule has 0 aliphatic heterocycles. The Bertz CT molecular complexity index is 381. The number of rotatable bonds is 5. The molecule has 4 nitrogen and oxygen atoms in total. The van der Waals surface area contributed by atoms with Crippen molar-refractivity contribution >= 4 is 22.3 Å². The molecule has 1 heterocycles. The van der Waals surface area contributed by atoms with Crippen LogP contribution < -0.4 is 11.1 Å². The van der Waals surface area contributed by atoms with E-state index >= 15 is 0 Å². The zero-order valence-corrected chi connectivity index (χ0v) is 10.8. The van der Waals surface area contributed by atoms with Crippen molar-refractivity contribution in [3.8, 4) is 0 Å². The Labute approximate surface area is 99.1 Å². The van der Waals surface area contributed by atoms with E-state index in [1.807, 2.05) is 26.0 Å². The molecule has 16 heavy (non-hydrogen) atoms. The normalized spacial score (nSPS) is 14.4. The van der Waals surface area contributed by atoms with Crippen molar-refractivity contribution < 1.29 is 4.21 Å². The lowest BCUT2D eigenvalue weighted by Crippen LogP contribution is -2.19. The lowest BCUT2D eigenvalue weighted by atomic mass is 10.2. The van der Waals surface area contributed by atoms with Gasteiger partial charge in [0.2, 0.25) is 0 Å². The minimum Gasteiger partial charge on any atom is -0.396 e. The number of nitrogen functional groups attached to an aromatic ring is 1. The number of pyridine rings is 1. The zero-order chi connectivity index (χ0) is 12.1. The van der Waals surface area contributed by atoms with Gasteiger partial charge in [0.05, 0.1) is 5.69 Å². The quantitative estimate of drug-likeness (QED) is 0.820. The van der Waals surface area contributed by atoms with Crippen molar-refractivity contribution in [3.63, 3.8) is 0 Å². The van der Waals surface area contributed by atoms with Crippen molar-refractivity contribution in [1.82, 2.24) is 4.98 Å². The minimum atomic E-state index is -0.746. The Morgan fingerprint density at radius 2 is 2.25 bits per heavy atom. The molecule has 0 aliphatic rings. The van der Waals surface area contributed by atoms with Gasteiger partial charge in [-0.25, -0.2) is 4.98 Å². The highest BCUT2D eigenvalue weighted by Crippen LogP contribution is 2.16. The van der Waals surface area contributed by atoms with Gasteiger partial charge in [0.15, 0.2) is 0 Å². The maximum absolute atomic E-state index is 11.0. The molecule has 0 amide bonds. The van der Waals surface area contributed by atoms with Crippen LogP contribution in [0.4, 0.5) is 11.5 Å². The highest BCUT2D eigenvalue weighted by Gasteiger charge is 2.06. The summed E-state index contributed by atoms with van der Waals surface area (Å²) in [5.41, 5.74) is 7.39. The molecule has 0 radical (unpaired) electrons. The van der Waals surface area contributed by atoms with Crippen molar-refractivity contribution in [3.05, 3.63) is 17.8 Å². The van der Waals surface area contributed by atoms with E-state index < -0.39 is 10.8 Å². The Morgan fingerprint density at radius 1 is 1.56 bits per heavy atom. The molecule has 1 aromatic rings. The standard InChI is InChI=1S/C11H19N3OS/c1-8-4-5-10(12)11(13-8)14-9(2)6-7-16(3)15/h4-5,9H,6-7,12H2,1-3H3,(H,13,14). The molecule has 0 saturated heterocycles. The predicted octanol–water partition coefficient (Wildman–Crippen LogP) is 1.54. The Balaban J connectivity index is 2.58. The third kappa shape index (κ3) is 4.18. The number of nitrogens with one attached hydrogen (secondary N) is 1. The van der Waals surface area contributed by atoms with E-state index in [0.717, 1.165) is 17.9 Å². The van der Waals surface area contributed by atoms with Crippen molar-refractivity contribution in [2.75, 3.05) is 23.1 Å². The first-order valence-corrected chi connectivity index (χ1v) is 7.01. The summed E-state index contributed by atoms with van der Waals surface area (Å²) < 4.78 is 11.0. The highest BCUT2D eigenvalue weighted by molar-refractivity contribution is 7.84. The molecule has 2 unspecified atom stereocenters. The molecule has 0 saturated carbocycles. The number of anilines is 2. The number of aromatic nitrogens is 1. The van der Waals surface area contributed by atoms with Gasteiger partial charge in [-0.3, -0.25) is 4.21 Å². The van der Waals surface area contributed by atoms with Gasteiger partial charge in [0.1, 0.15) is 5.82 Å². The first kappa shape index (κ1) is 13.0. The second-order valence-electron chi connectivity index (χ2n) is 4.00. The average molecular weight is 241 g/mol. The van der Waals surface area contributed by atoms with E-state index in [0.29, 0.717) is 11.4 Å².